The normalized spacial score (nSPS) is 11.2. The summed E-state index contributed by atoms with van der Waals surface area (Å²) in [5.74, 6) is 0.401. The van der Waals surface area contributed by atoms with Crippen molar-refractivity contribution in [2.75, 3.05) is 0 Å². The first-order valence-electron chi connectivity index (χ1n) is 9.74. The Labute approximate surface area is 189 Å². The Morgan fingerprint density at radius 2 is 1.84 bits per heavy atom. The number of carbonyl (C=O) groups is 1. The van der Waals surface area contributed by atoms with Gasteiger partial charge < -0.3 is 4.74 Å². The number of nitrogens with zero attached hydrogens (tertiary/aromatic N) is 5. The van der Waals surface area contributed by atoms with Crippen molar-refractivity contribution in [1.29, 1.82) is 0 Å². The highest BCUT2D eigenvalue weighted by Gasteiger charge is 2.07. The molecule has 3 aromatic carbocycles. The first kappa shape index (κ1) is 21.2. The molecule has 4 aromatic rings. The van der Waals surface area contributed by atoms with Crippen LogP contribution >= 0.6 is 11.6 Å². The Balaban J connectivity index is 1.37. The maximum Gasteiger partial charge on any atom is 0.271 e. The lowest BCUT2D eigenvalue weighted by Crippen LogP contribution is -2.19. The summed E-state index contributed by atoms with van der Waals surface area (Å²) >= 11 is 5.88. The van der Waals surface area contributed by atoms with Crippen LogP contribution < -0.4 is 10.2 Å². The second-order valence-corrected chi connectivity index (χ2v) is 7.32. The van der Waals surface area contributed by atoms with Crippen LogP contribution in [0.4, 0.5) is 0 Å². The summed E-state index contributed by atoms with van der Waals surface area (Å²) in [5, 5.41) is 16.0. The van der Waals surface area contributed by atoms with Gasteiger partial charge in [0.2, 0.25) is 0 Å². The summed E-state index contributed by atoms with van der Waals surface area (Å²) < 4.78 is 7.30. The summed E-state index contributed by atoms with van der Waals surface area (Å²) in [6.07, 6.45) is 1.52. The molecule has 32 heavy (non-hydrogen) atoms. The molecule has 1 heterocycles. The van der Waals surface area contributed by atoms with E-state index in [2.05, 4.69) is 26.1 Å². The quantitative estimate of drug-likeness (QED) is 0.341. The Kier molecular flexibility index (Phi) is 6.52. The Morgan fingerprint density at radius 1 is 1.06 bits per heavy atom. The molecule has 0 saturated carbocycles. The van der Waals surface area contributed by atoms with E-state index in [4.69, 9.17) is 16.3 Å². The fourth-order valence-electron chi connectivity index (χ4n) is 2.90. The number of nitrogens with one attached hydrogen (secondary N) is 1. The van der Waals surface area contributed by atoms with Crippen molar-refractivity contribution in [1.82, 2.24) is 25.6 Å². The van der Waals surface area contributed by atoms with Gasteiger partial charge in [0.1, 0.15) is 18.7 Å². The van der Waals surface area contributed by atoms with Crippen LogP contribution in [0.2, 0.25) is 5.02 Å². The maximum absolute atomic E-state index is 12.6. The average molecular weight is 447 g/mol. The fourth-order valence-corrected chi connectivity index (χ4v) is 3.02. The van der Waals surface area contributed by atoms with Gasteiger partial charge in [-0.25, -0.2) is 10.1 Å². The van der Waals surface area contributed by atoms with Crippen molar-refractivity contribution in [3.63, 3.8) is 0 Å². The molecule has 160 valence electrons. The van der Waals surface area contributed by atoms with Gasteiger partial charge in [-0.2, -0.15) is 5.10 Å². The van der Waals surface area contributed by atoms with Crippen molar-refractivity contribution in [2.24, 2.45) is 5.10 Å². The topological polar surface area (TPSA) is 94.3 Å². The summed E-state index contributed by atoms with van der Waals surface area (Å²) in [6, 6.07) is 21.8. The molecule has 1 amide bonds. The number of ether oxygens (including phenoxy) is 1. The SMILES string of the molecule is CC(=NNC(=O)c1cccc(COc2ccc(Cl)cc2)c1)c1ccc(-n2cnnn2)cc1. The standard InChI is InChI=1S/C23H19ClN6O2/c1-16(18-5-9-21(10-6-18)30-15-25-28-29-30)26-27-23(31)19-4-2-3-17(13-19)14-32-22-11-7-20(24)8-12-22/h2-13,15H,14H2,1H3,(H,27,31). The summed E-state index contributed by atoms with van der Waals surface area (Å²) in [5.41, 5.74) is 6.33. The zero-order chi connectivity index (χ0) is 22.3. The monoisotopic (exact) mass is 446 g/mol. The molecule has 8 nitrogen and oxygen atoms in total. The highest BCUT2D eigenvalue weighted by Crippen LogP contribution is 2.17. The lowest BCUT2D eigenvalue weighted by molar-refractivity contribution is 0.0954. The molecule has 0 unspecified atom stereocenters. The summed E-state index contributed by atoms with van der Waals surface area (Å²) in [7, 11) is 0. The molecular formula is C23H19ClN6O2. The zero-order valence-corrected chi connectivity index (χ0v) is 17.9. The van der Waals surface area contributed by atoms with Crippen LogP contribution in [0.5, 0.6) is 5.75 Å². The van der Waals surface area contributed by atoms with Crippen LogP contribution in [0.1, 0.15) is 28.4 Å². The van der Waals surface area contributed by atoms with Gasteiger partial charge in [-0.3, -0.25) is 4.79 Å². The fraction of sp³-hybridized carbons (Fsp3) is 0.0870. The van der Waals surface area contributed by atoms with E-state index in [1.165, 1.54) is 6.33 Å². The van der Waals surface area contributed by atoms with Gasteiger partial charge in [-0.15, -0.1) is 5.10 Å². The number of hydrazone groups is 1. The Bertz CT molecular complexity index is 1220. The molecular weight excluding hydrogens is 428 g/mol. The minimum absolute atomic E-state index is 0.303. The Hall–Kier alpha value is -4.04. The second-order valence-electron chi connectivity index (χ2n) is 6.88. The zero-order valence-electron chi connectivity index (χ0n) is 17.1. The number of carbonyl (C=O) groups excluding carboxylic acids is 1. The van der Waals surface area contributed by atoms with Crippen molar-refractivity contribution >= 4 is 23.2 Å². The maximum atomic E-state index is 12.6. The molecule has 0 aliphatic rings. The van der Waals surface area contributed by atoms with Crippen molar-refractivity contribution in [3.05, 3.63) is 101 Å². The van der Waals surface area contributed by atoms with Gasteiger partial charge in [-0.1, -0.05) is 35.9 Å². The third-order valence-corrected chi connectivity index (χ3v) is 4.88. The molecule has 9 heteroatoms. The number of halogens is 1. The molecule has 0 atom stereocenters. The summed E-state index contributed by atoms with van der Waals surface area (Å²) in [6.45, 7) is 2.15. The molecule has 0 fully saturated rings. The number of benzene rings is 3. The highest BCUT2D eigenvalue weighted by molar-refractivity contribution is 6.30. The smallest absolute Gasteiger partial charge is 0.271 e. The van der Waals surface area contributed by atoms with E-state index in [1.807, 2.05) is 43.3 Å². The molecule has 0 spiro atoms. The van der Waals surface area contributed by atoms with Gasteiger partial charge in [0.05, 0.1) is 11.4 Å². The predicted octanol–water partition coefficient (Wildman–Crippen LogP) is 4.05. The molecule has 0 saturated heterocycles. The molecule has 1 aromatic heterocycles. The number of amides is 1. The van der Waals surface area contributed by atoms with E-state index in [0.29, 0.717) is 28.7 Å². The third-order valence-electron chi connectivity index (χ3n) is 4.63. The van der Waals surface area contributed by atoms with Crippen LogP contribution in [0.25, 0.3) is 5.69 Å². The minimum Gasteiger partial charge on any atom is -0.489 e. The number of aromatic nitrogens is 4. The predicted molar refractivity (Wildman–Crippen MR) is 121 cm³/mol. The van der Waals surface area contributed by atoms with Gasteiger partial charge in [0.25, 0.3) is 5.91 Å². The molecule has 0 bridgehead atoms. The third kappa shape index (κ3) is 5.35. The van der Waals surface area contributed by atoms with Crippen molar-refractivity contribution in [2.45, 2.75) is 13.5 Å². The van der Waals surface area contributed by atoms with E-state index in [-0.39, 0.29) is 5.91 Å². The first-order chi connectivity index (χ1) is 15.6. The van der Waals surface area contributed by atoms with Gasteiger partial charge >= 0.3 is 0 Å². The molecule has 4 rings (SSSR count). The van der Waals surface area contributed by atoms with E-state index in [0.717, 1.165) is 16.8 Å². The van der Waals surface area contributed by atoms with Crippen LogP contribution in [-0.2, 0) is 6.61 Å². The van der Waals surface area contributed by atoms with E-state index < -0.39 is 0 Å². The number of hydrogen-bond acceptors (Lipinski definition) is 6. The van der Waals surface area contributed by atoms with E-state index >= 15 is 0 Å². The first-order valence-corrected chi connectivity index (χ1v) is 10.1. The van der Waals surface area contributed by atoms with Crippen LogP contribution in [0, 0.1) is 0 Å². The highest BCUT2D eigenvalue weighted by atomic mass is 35.5. The lowest BCUT2D eigenvalue weighted by atomic mass is 10.1. The molecule has 0 aliphatic carbocycles. The number of rotatable bonds is 7. The van der Waals surface area contributed by atoms with Gasteiger partial charge in [-0.05, 0) is 77.0 Å². The van der Waals surface area contributed by atoms with Crippen LogP contribution in [0.15, 0.2) is 84.2 Å². The van der Waals surface area contributed by atoms with E-state index in [1.54, 1.807) is 41.1 Å². The Morgan fingerprint density at radius 3 is 2.56 bits per heavy atom. The lowest BCUT2D eigenvalue weighted by Gasteiger charge is -2.08. The van der Waals surface area contributed by atoms with Crippen molar-refractivity contribution < 1.29 is 9.53 Å². The second kappa shape index (κ2) is 9.84. The largest absolute Gasteiger partial charge is 0.489 e. The van der Waals surface area contributed by atoms with Crippen LogP contribution in [0.3, 0.4) is 0 Å². The summed E-state index contributed by atoms with van der Waals surface area (Å²) in [4.78, 5) is 12.6. The molecule has 1 N–H and O–H groups in total. The van der Waals surface area contributed by atoms with E-state index in [9.17, 15) is 4.79 Å². The minimum atomic E-state index is -0.303. The van der Waals surface area contributed by atoms with Crippen molar-refractivity contribution in [3.8, 4) is 11.4 Å². The number of tetrazole rings is 1. The molecule has 0 radical (unpaired) electrons. The molecule has 0 aliphatic heterocycles. The average Bonchev–Trinajstić information content (AvgIpc) is 3.37. The van der Waals surface area contributed by atoms with Gasteiger partial charge in [0.15, 0.2) is 0 Å². The van der Waals surface area contributed by atoms with Crippen LogP contribution in [-0.4, -0.2) is 31.8 Å². The van der Waals surface area contributed by atoms with Gasteiger partial charge in [0, 0.05) is 10.6 Å². The number of hydrogen-bond donors (Lipinski definition) is 1.